The van der Waals surface area contributed by atoms with Crippen molar-refractivity contribution in [1.82, 2.24) is 15.3 Å². The molecule has 0 radical (unpaired) electrons. The van der Waals surface area contributed by atoms with Gasteiger partial charge in [0.05, 0.1) is 11.7 Å². The predicted octanol–water partition coefficient (Wildman–Crippen LogP) is 2.56. The summed E-state index contributed by atoms with van der Waals surface area (Å²) in [4.78, 5) is 23.5. The standard InChI is InChI=1S/C21H26N4O3/c26-21(17-7-8-19(23-14-17)28-15-18-6-4-12-27-18)24-13-16-5-3-9-22-20(16)25-10-1-2-11-25/h3,5,7-9,14,18H,1-2,4,6,10-13,15H2,(H,24,26)/t18-/m0/s1. The Balaban J connectivity index is 1.31. The van der Waals surface area contributed by atoms with E-state index in [2.05, 4.69) is 20.2 Å². The maximum atomic E-state index is 12.5. The van der Waals surface area contributed by atoms with Crippen molar-refractivity contribution in [2.75, 3.05) is 31.2 Å². The molecule has 1 N–H and O–H groups in total. The number of amides is 1. The highest BCUT2D eigenvalue weighted by molar-refractivity contribution is 5.93. The van der Waals surface area contributed by atoms with Crippen molar-refractivity contribution >= 4 is 11.7 Å². The summed E-state index contributed by atoms with van der Waals surface area (Å²) in [5.41, 5.74) is 1.54. The summed E-state index contributed by atoms with van der Waals surface area (Å²) >= 11 is 0. The molecule has 0 bridgehead atoms. The molecule has 0 saturated carbocycles. The Kier molecular flexibility index (Phi) is 6.01. The van der Waals surface area contributed by atoms with Crippen molar-refractivity contribution < 1.29 is 14.3 Å². The van der Waals surface area contributed by atoms with Gasteiger partial charge in [-0.2, -0.15) is 0 Å². The van der Waals surface area contributed by atoms with Crippen LogP contribution in [0.2, 0.25) is 0 Å². The zero-order valence-electron chi connectivity index (χ0n) is 16.0. The predicted molar refractivity (Wildman–Crippen MR) is 106 cm³/mol. The number of nitrogens with zero attached hydrogens (tertiary/aromatic N) is 3. The third-order valence-corrected chi connectivity index (χ3v) is 5.15. The van der Waals surface area contributed by atoms with Gasteiger partial charge in [0, 0.05) is 50.3 Å². The van der Waals surface area contributed by atoms with Gasteiger partial charge in [-0.15, -0.1) is 0 Å². The Morgan fingerprint density at radius 3 is 2.86 bits per heavy atom. The first-order valence-electron chi connectivity index (χ1n) is 9.97. The minimum atomic E-state index is -0.158. The summed E-state index contributed by atoms with van der Waals surface area (Å²) in [6.07, 6.45) is 7.98. The van der Waals surface area contributed by atoms with E-state index in [-0.39, 0.29) is 12.0 Å². The Morgan fingerprint density at radius 1 is 1.21 bits per heavy atom. The van der Waals surface area contributed by atoms with Crippen LogP contribution in [0.1, 0.15) is 41.6 Å². The van der Waals surface area contributed by atoms with E-state index in [1.165, 1.54) is 12.8 Å². The first-order chi connectivity index (χ1) is 13.8. The minimum Gasteiger partial charge on any atom is -0.475 e. The Labute approximate surface area is 165 Å². The van der Waals surface area contributed by atoms with Gasteiger partial charge in [-0.3, -0.25) is 4.79 Å². The highest BCUT2D eigenvalue weighted by Crippen LogP contribution is 2.22. The zero-order valence-corrected chi connectivity index (χ0v) is 16.0. The van der Waals surface area contributed by atoms with Crippen LogP contribution in [0.4, 0.5) is 5.82 Å². The molecule has 2 aromatic rings. The molecule has 2 aliphatic heterocycles. The van der Waals surface area contributed by atoms with E-state index < -0.39 is 0 Å². The van der Waals surface area contributed by atoms with Crippen molar-refractivity contribution in [3.05, 3.63) is 47.8 Å². The Morgan fingerprint density at radius 2 is 2.11 bits per heavy atom. The fourth-order valence-electron chi connectivity index (χ4n) is 3.61. The molecule has 2 saturated heterocycles. The third kappa shape index (κ3) is 4.59. The maximum absolute atomic E-state index is 12.5. The number of ether oxygens (including phenoxy) is 2. The van der Waals surface area contributed by atoms with Gasteiger partial charge in [-0.25, -0.2) is 9.97 Å². The van der Waals surface area contributed by atoms with E-state index in [0.29, 0.717) is 24.6 Å². The van der Waals surface area contributed by atoms with Gasteiger partial charge in [0.15, 0.2) is 0 Å². The molecule has 0 aliphatic carbocycles. The van der Waals surface area contributed by atoms with Crippen LogP contribution in [0.5, 0.6) is 5.88 Å². The monoisotopic (exact) mass is 382 g/mol. The highest BCUT2D eigenvalue weighted by atomic mass is 16.5. The molecule has 0 aromatic carbocycles. The summed E-state index contributed by atoms with van der Waals surface area (Å²) in [7, 11) is 0. The van der Waals surface area contributed by atoms with Gasteiger partial charge in [-0.05, 0) is 37.8 Å². The molecule has 1 amide bonds. The van der Waals surface area contributed by atoms with Crippen LogP contribution in [-0.2, 0) is 11.3 Å². The van der Waals surface area contributed by atoms with Crippen molar-refractivity contribution in [3.63, 3.8) is 0 Å². The first kappa shape index (κ1) is 18.7. The number of pyridine rings is 2. The van der Waals surface area contributed by atoms with Gasteiger partial charge in [0.2, 0.25) is 5.88 Å². The molecule has 148 valence electrons. The number of rotatable bonds is 7. The van der Waals surface area contributed by atoms with Gasteiger partial charge in [-0.1, -0.05) is 6.07 Å². The number of hydrogen-bond acceptors (Lipinski definition) is 6. The lowest BCUT2D eigenvalue weighted by Crippen LogP contribution is -2.26. The second kappa shape index (κ2) is 9.01. The van der Waals surface area contributed by atoms with Crippen LogP contribution in [-0.4, -0.2) is 48.3 Å². The Hall–Kier alpha value is -2.67. The lowest BCUT2D eigenvalue weighted by molar-refractivity contribution is 0.0663. The summed E-state index contributed by atoms with van der Waals surface area (Å²) in [5.74, 6) is 1.32. The SMILES string of the molecule is O=C(NCc1cccnc1N1CCCC1)c1ccc(OC[C@@H]2CCCO2)nc1. The number of carbonyl (C=O) groups is 1. The van der Waals surface area contributed by atoms with Crippen LogP contribution in [0.25, 0.3) is 0 Å². The molecule has 2 aromatic heterocycles. The van der Waals surface area contributed by atoms with E-state index in [0.717, 1.165) is 43.9 Å². The molecule has 28 heavy (non-hydrogen) atoms. The van der Waals surface area contributed by atoms with Crippen molar-refractivity contribution in [2.24, 2.45) is 0 Å². The highest BCUT2D eigenvalue weighted by Gasteiger charge is 2.18. The summed E-state index contributed by atoms with van der Waals surface area (Å²) in [6, 6.07) is 7.38. The van der Waals surface area contributed by atoms with Crippen molar-refractivity contribution in [1.29, 1.82) is 0 Å². The second-order valence-electron chi connectivity index (χ2n) is 7.19. The summed E-state index contributed by atoms with van der Waals surface area (Å²) in [6.45, 7) is 3.79. The van der Waals surface area contributed by atoms with E-state index in [9.17, 15) is 4.79 Å². The van der Waals surface area contributed by atoms with E-state index >= 15 is 0 Å². The molecule has 4 rings (SSSR count). The number of aromatic nitrogens is 2. The lowest BCUT2D eigenvalue weighted by Gasteiger charge is -2.20. The summed E-state index contributed by atoms with van der Waals surface area (Å²) in [5, 5.41) is 2.97. The van der Waals surface area contributed by atoms with Gasteiger partial charge in [0.1, 0.15) is 12.4 Å². The van der Waals surface area contributed by atoms with E-state index in [4.69, 9.17) is 9.47 Å². The minimum absolute atomic E-state index is 0.147. The van der Waals surface area contributed by atoms with Gasteiger partial charge in [0.25, 0.3) is 5.91 Å². The lowest BCUT2D eigenvalue weighted by atomic mass is 10.2. The summed E-state index contributed by atoms with van der Waals surface area (Å²) < 4.78 is 11.2. The van der Waals surface area contributed by atoms with Crippen molar-refractivity contribution in [3.8, 4) is 5.88 Å². The molecule has 2 aliphatic rings. The molecule has 0 spiro atoms. The quantitative estimate of drug-likeness (QED) is 0.793. The smallest absolute Gasteiger partial charge is 0.253 e. The van der Waals surface area contributed by atoms with Crippen LogP contribution < -0.4 is 15.0 Å². The zero-order chi connectivity index (χ0) is 19.2. The molecule has 7 nitrogen and oxygen atoms in total. The van der Waals surface area contributed by atoms with Crippen LogP contribution in [0.15, 0.2) is 36.7 Å². The van der Waals surface area contributed by atoms with Crippen LogP contribution >= 0.6 is 0 Å². The normalized spacial score (nSPS) is 19.0. The van der Waals surface area contributed by atoms with Gasteiger partial charge < -0.3 is 19.7 Å². The number of nitrogens with one attached hydrogen (secondary N) is 1. The van der Waals surface area contributed by atoms with E-state index in [1.54, 1.807) is 24.5 Å². The van der Waals surface area contributed by atoms with Crippen LogP contribution in [0.3, 0.4) is 0 Å². The molecule has 2 fully saturated rings. The fourth-order valence-corrected chi connectivity index (χ4v) is 3.61. The fraction of sp³-hybridized carbons (Fsp3) is 0.476. The molecule has 0 unspecified atom stereocenters. The maximum Gasteiger partial charge on any atom is 0.253 e. The third-order valence-electron chi connectivity index (χ3n) is 5.15. The number of hydrogen-bond donors (Lipinski definition) is 1. The molecular weight excluding hydrogens is 356 g/mol. The average Bonchev–Trinajstić information content (AvgIpc) is 3.45. The average molecular weight is 382 g/mol. The molecule has 7 heteroatoms. The Bertz CT molecular complexity index is 784. The van der Waals surface area contributed by atoms with E-state index in [1.807, 2.05) is 12.1 Å². The number of anilines is 1. The second-order valence-corrected chi connectivity index (χ2v) is 7.19. The molecule has 1 atom stereocenters. The van der Waals surface area contributed by atoms with Gasteiger partial charge >= 0.3 is 0 Å². The largest absolute Gasteiger partial charge is 0.475 e. The molecule has 4 heterocycles. The number of carbonyl (C=O) groups excluding carboxylic acids is 1. The van der Waals surface area contributed by atoms with Crippen molar-refractivity contribution in [2.45, 2.75) is 38.3 Å². The first-order valence-corrected chi connectivity index (χ1v) is 9.97. The molecular formula is C21H26N4O3. The topological polar surface area (TPSA) is 76.6 Å². The van der Waals surface area contributed by atoms with Crippen LogP contribution in [0, 0.1) is 0 Å².